The summed E-state index contributed by atoms with van der Waals surface area (Å²) < 4.78 is 5.12. The first kappa shape index (κ1) is 18.0. The van der Waals surface area contributed by atoms with Gasteiger partial charge in [-0.25, -0.2) is 9.69 Å². The zero-order chi connectivity index (χ0) is 16.7. The minimum atomic E-state index is -0.497. The number of halogens is 1. The van der Waals surface area contributed by atoms with Crippen molar-refractivity contribution in [2.75, 3.05) is 11.9 Å². The van der Waals surface area contributed by atoms with E-state index in [1.165, 1.54) is 4.90 Å². The second-order valence-electron chi connectivity index (χ2n) is 6.07. The lowest BCUT2D eigenvalue weighted by molar-refractivity contribution is -0.133. The maximum atomic E-state index is 12.6. The van der Waals surface area contributed by atoms with Crippen LogP contribution in [0, 0.1) is 5.92 Å². The number of hydrogen-bond acceptors (Lipinski definition) is 3. The maximum Gasteiger partial charge on any atom is 0.416 e. The number of nitrogens with zero attached hydrogens (tertiary/aromatic N) is 1. The Morgan fingerprint density at radius 2 is 2.04 bits per heavy atom. The molecule has 0 spiro atoms. The number of carbonyl (C=O) groups excluding carboxylic acids is 2. The van der Waals surface area contributed by atoms with Gasteiger partial charge in [0.1, 0.15) is 6.61 Å². The van der Waals surface area contributed by atoms with Crippen LogP contribution in [-0.4, -0.2) is 34.9 Å². The van der Waals surface area contributed by atoms with Crippen LogP contribution in [0.25, 0.3) is 0 Å². The lowest BCUT2D eigenvalue weighted by Crippen LogP contribution is -2.43. The summed E-state index contributed by atoms with van der Waals surface area (Å²) in [6.45, 7) is 2.19. The highest BCUT2D eigenvalue weighted by Gasteiger charge is 2.39. The van der Waals surface area contributed by atoms with Crippen molar-refractivity contribution in [3.63, 3.8) is 0 Å². The first-order valence-corrected chi connectivity index (χ1v) is 9.35. The molecule has 1 aliphatic heterocycles. The molecular formula is C18H24BrNO3. The molecule has 0 N–H and O–H groups in total. The highest BCUT2D eigenvalue weighted by Crippen LogP contribution is 2.22. The predicted octanol–water partition coefficient (Wildman–Crippen LogP) is 4.17. The van der Waals surface area contributed by atoms with Crippen molar-refractivity contribution < 1.29 is 14.3 Å². The Hall–Kier alpha value is -1.36. The van der Waals surface area contributed by atoms with Crippen LogP contribution in [0.3, 0.4) is 0 Å². The SMILES string of the molecule is CC(CCCCCBr)C(=O)N1C(=O)OCC1Cc1ccccc1. The monoisotopic (exact) mass is 381 g/mol. The molecule has 0 bridgehead atoms. The van der Waals surface area contributed by atoms with Gasteiger partial charge in [0.25, 0.3) is 0 Å². The van der Waals surface area contributed by atoms with Crippen molar-refractivity contribution >= 4 is 27.9 Å². The van der Waals surface area contributed by atoms with E-state index in [1.807, 2.05) is 37.3 Å². The zero-order valence-electron chi connectivity index (χ0n) is 13.5. The topological polar surface area (TPSA) is 46.6 Å². The molecule has 126 valence electrons. The quantitative estimate of drug-likeness (QED) is 0.501. The van der Waals surface area contributed by atoms with Crippen molar-refractivity contribution in [2.45, 2.75) is 45.1 Å². The van der Waals surface area contributed by atoms with Crippen molar-refractivity contribution in [1.82, 2.24) is 4.90 Å². The van der Waals surface area contributed by atoms with Gasteiger partial charge in [-0.3, -0.25) is 4.79 Å². The number of benzene rings is 1. The fourth-order valence-corrected chi connectivity index (χ4v) is 3.25. The van der Waals surface area contributed by atoms with Crippen molar-refractivity contribution in [3.05, 3.63) is 35.9 Å². The number of alkyl halides is 1. The highest BCUT2D eigenvalue weighted by atomic mass is 79.9. The number of ether oxygens (including phenoxy) is 1. The van der Waals surface area contributed by atoms with Crippen molar-refractivity contribution in [3.8, 4) is 0 Å². The van der Waals surface area contributed by atoms with Crippen LogP contribution in [0.15, 0.2) is 30.3 Å². The molecule has 23 heavy (non-hydrogen) atoms. The van der Waals surface area contributed by atoms with Gasteiger partial charge in [0.2, 0.25) is 5.91 Å². The van der Waals surface area contributed by atoms with E-state index in [2.05, 4.69) is 15.9 Å². The highest BCUT2D eigenvalue weighted by molar-refractivity contribution is 9.09. The fourth-order valence-electron chi connectivity index (χ4n) is 2.85. The second-order valence-corrected chi connectivity index (χ2v) is 6.86. The summed E-state index contributed by atoms with van der Waals surface area (Å²) in [5, 5.41) is 0.993. The van der Waals surface area contributed by atoms with Gasteiger partial charge in [0.15, 0.2) is 0 Å². The first-order valence-electron chi connectivity index (χ1n) is 8.23. The van der Waals surface area contributed by atoms with Gasteiger partial charge in [0, 0.05) is 11.2 Å². The smallest absolute Gasteiger partial charge is 0.416 e. The third kappa shape index (κ3) is 5.06. The number of carbonyl (C=O) groups is 2. The average Bonchev–Trinajstić information content (AvgIpc) is 2.92. The van der Waals surface area contributed by atoms with Gasteiger partial charge in [-0.1, -0.05) is 66.0 Å². The summed E-state index contributed by atoms with van der Waals surface area (Å²) in [6, 6.07) is 9.71. The van der Waals surface area contributed by atoms with Crippen molar-refractivity contribution in [1.29, 1.82) is 0 Å². The summed E-state index contributed by atoms with van der Waals surface area (Å²) in [7, 11) is 0. The molecule has 0 radical (unpaired) electrons. The predicted molar refractivity (Wildman–Crippen MR) is 93.6 cm³/mol. The molecular weight excluding hydrogens is 358 g/mol. The van der Waals surface area contributed by atoms with Gasteiger partial charge < -0.3 is 4.74 Å². The molecule has 2 atom stereocenters. The molecule has 0 saturated carbocycles. The molecule has 4 nitrogen and oxygen atoms in total. The van der Waals surface area contributed by atoms with Gasteiger partial charge in [0.05, 0.1) is 6.04 Å². The number of rotatable bonds is 8. The molecule has 1 aromatic carbocycles. The van der Waals surface area contributed by atoms with E-state index in [1.54, 1.807) is 0 Å². The molecule has 1 aliphatic rings. The number of unbranched alkanes of at least 4 members (excludes halogenated alkanes) is 2. The Bertz CT molecular complexity index is 520. The largest absolute Gasteiger partial charge is 0.447 e. The van der Waals surface area contributed by atoms with E-state index >= 15 is 0 Å². The Morgan fingerprint density at radius 3 is 2.74 bits per heavy atom. The lowest BCUT2D eigenvalue weighted by Gasteiger charge is -2.23. The van der Waals surface area contributed by atoms with Gasteiger partial charge in [-0.05, 0) is 24.8 Å². The van der Waals surface area contributed by atoms with E-state index in [9.17, 15) is 9.59 Å². The summed E-state index contributed by atoms with van der Waals surface area (Å²) in [5.74, 6) is -0.249. The standard InChI is InChI=1S/C18H24BrNO3/c1-14(8-4-3-7-11-19)17(21)20-16(13-23-18(20)22)12-15-9-5-2-6-10-15/h2,5-6,9-10,14,16H,3-4,7-8,11-13H2,1H3. The molecule has 2 rings (SSSR count). The Labute approximate surface area is 146 Å². The summed E-state index contributed by atoms with van der Waals surface area (Å²) in [4.78, 5) is 25.9. The van der Waals surface area contributed by atoms with Crippen LogP contribution in [0.4, 0.5) is 4.79 Å². The second kappa shape index (κ2) is 9.06. The minimum absolute atomic E-state index is 0.104. The minimum Gasteiger partial charge on any atom is -0.447 e. The molecule has 5 heteroatoms. The van der Waals surface area contributed by atoms with Gasteiger partial charge >= 0.3 is 6.09 Å². The molecule has 2 amide bonds. The molecule has 1 heterocycles. The third-order valence-electron chi connectivity index (χ3n) is 4.20. The Kier molecular flexibility index (Phi) is 7.09. The molecule has 0 aliphatic carbocycles. The van der Waals surface area contributed by atoms with Crippen LogP contribution < -0.4 is 0 Å². The molecule has 1 aromatic rings. The van der Waals surface area contributed by atoms with Crippen LogP contribution >= 0.6 is 15.9 Å². The summed E-state index contributed by atoms with van der Waals surface area (Å²) in [5.41, 5.74) is 1.11. The number of amides is 2. The number of cyclic esters (lactones) is 1. The van der Waals surface area contributed by atoms with Crippen LogP contribution in [0.2, 0.25) is 0 Å². The lowest BCUT2D eigenvalue weighted by atomic mass is 10.00. The number of hydrogen-bond donors (Lipinski definition) is 0. The van der Waals surface area contributed by atoms with Crippen LogP contribution in [0.1, 0.15) is 38.2 Å². The van der Waals surface area contributed by atoms with E-state index in [0.29, 0.717) is 6.42 Å². The fraction of sp³-hybridized carbons (Fsp3) is 0.556. The maximum absolute atomic E-state index is 12.6. The van der Waals surface area contributed by atoms with E-state index in [4.69, 9.17) is 4.74 Å². The van der Waals surface area contributed by atoms with Gasteiger partial charge in [-0.2, -0.15) is 0 Å². The summed E-state index contributed by atoms with van der Waals surface area (Å²) >= 11 is 3.41. The normalized spacial score (nSPS) is 18.8. The van der Waals surface area contributed by atoms with E-state index in [0.717, 1.165) is 36.6 Å². The summed E-state index contributed by atoms with van der Waals surface area (Å²) in [6.07, 6.45) is 4.18. The molecule has 0 aromatic heterocycles. The van der Waals surface area contributed by atoms with E-state index in [-0.39, 0.29) is 24.5 Å². The Balaban J connectivity index is 1.94. The molecule has 1 fully saturated rings. The Morgan fingerprint density at radius 1 is 1.30 bits per heavy atom. The number of imide groups is 1. The average molecular weight is 382 g/mol. The van der Waals surface area contributed by atoms with E-state index < -0.39 is 6.09 Å². The van der Waals surface area contributed by atoms with Crippen LogP contribution in [0.5, 0.6) is 0 Å². The molecule has 1 saturated heterocycles. The first-order chi connectivity index (χ1) is 11.1. The van der Waals surface area contributed by atoms with Crippen LogP contribution in [-0.2, 0) is 16.0 Å². The zero-order valence-corrected chi connectivity index (χ0v) is 15.1. The van der Waals surface area contributed by atoms with Crippen molar-refractivity contribution in [2.24, 2.45) is 5.92 Å². The third-order valence-corrected chi connectivity index (χ3v) is 4.77. The molecule has 2 unspecified atom stereocenters. The van der Waals surface area contributed by atoms with Gasteiger partial charge in [-0.15, -0.1) is 0 Å².